The molecule has 2 fully saturated rings. The molecule has 1 saturated heterocycles. The number of amides is 1. The first-order chi connectivity index (χ1) is 9.74. The van der Waals surface area contributed by atoms with Crippen LogP contribution in [-0.2, 0) is 4.79 Å². The molecule has 1 saturated carbocycles. The highest BCUT2D eigenvalue weighted by molar-refractivity contribution is 5.78. The third-order valence-electron chi connectivity index (χ3n) is 5.44. The van der Waals surface area contributed by atoms with Crippen LogP contribution in [0.15, 0.2) is 0 Å². The van der Waals surface area contributed by atoms with E-state index < -0.39 is 0 Å². The van der Waals surface area contributed by atoms with Crippen LogP contribution in [0.5, 0.6) is 0 Å². The summed E-state index contributed by atoms with van der Waals surface area (Å²) in [5, 5.41) is 0. The second-order valence-electron chi connectivity index (χ2n) is 6.85. The van der Waals surface area contributed by atoms with Crippen LogP contribution in [0.4, 0.5) is 0 Å². The Balaban J connectivity index is 1.82. The maximum atomic E-state index is 12.7. The van der Waals surface area contributed by atoms with Crippen molar-refractivity contribution in [1.82, 2.24) is 4.90 Å². The van der Waals surface area contributed by atoms with Crippen molar-refractivity contribution in [3.8, 4) is 0 Å². The van der Waals surface area contributed by atoms with Crippen molar-refractivity contribution in [1.29, 1.82) is 0 Å². The first-order valence-electron chi connectivity index (χ1n) is 8.73. The van der Waals surface area contributed by atoms with Gasteiger partial charge in [-0.2, -0.15) is 0 Å². The number of carbonyl (C=O) groups is 1. The number of hydrogen-bond donors (Lipinski definition) is 1. The van der Waals surface area contributed by atoms with Crippen LogP contribution in [0.1, 0.15) is 64.7 Å². The van der Waals surface area contributed by atoms with Gasteiger partial charge in [0.15, 0.2) is 0 Å². The highest BCUT2D eigenvalue weighted by atomic mass is 16.2. The van der Waals surface area contributed by atoms with Crippen LogP contribution in [0.3, 0.4) is 0 Å². The standard InChI is InChI=1S/C17H32N2O/c1-2-16(12-14-6-4-3-5-7-14)17(20)19-10-8-15(13-18)9-11-19/h14-16H,2-13,18H2,1H3. The van der Waals surface area contributed by atoms with Crippen LogP contribution in [0.2, 0.25) is 0 Å². The molecule has 0 aromatic carbocycles. The first kappa shape index (κ1) is 15.8. The number of rotatable bonds is 5. The molecule has 0 aromatic rings. The molecular weight excluding hydrogens is 248 g/mol. The molecule has 1 amide bonds. The van der Waals surface area contributed by atoms with Crippen molar-refractivity contribution in [3.63, 3.8) is 0 Å². The van der Waals surface area contributed by atoms with E-state index >= 15 is 0 Å². The topological polar surface area (TPSA) is 46.3 Å². The van der Waals surface area contributed by atoms with E-state index in [0.29, 0.717) is 11.8 Å². The summed E-state index contributed by atoms with van der Waals surface area (Å²) in [6, 6.07) is 0. The minimum atomic E-state index is 0.271. The molecule has 116 valence electrons. The number of nitrogens with two attached hydrogens (primary N) is 1. The van der Waals surface area contributed by atoms with Gasteiger partial charge in [-0.3, -0.25) is 4.79 Å². The average molecular weight is 280 g/mol. The van der Waals surface area contributed by atoms with Gasteiger partial charge >= 0.3 is 0 Å². The van der Waals surface area contributed by atoms with Crippen LogP contribution in [-0.4, -0.2) is 30.4 Å². The van der Waals surface area contributed by atoms with E-state index in [2.05, 4.69) is 11.8 Å². The molecule has 0 spiro atoms. The van der Waals surface area contributed by atoms with E-state index in [0.717, 1.165) is 51.2 Å². The summed E-state index contributed by atoms with van der Waals surface area (Å²) in [5.41, 5.74) is 5.73. The fraction of sp³-hybridized carbons (Fsp3) is 0.941. The Kier molecular flexibility index (Phi) is 6.34. The van der Waals surface area contributed by atoms with E-state index in [-0.39, 0.29) is 5.92 Å². The predicted molar refractivity (Wildman–Crippen MR) is 83.3 cm³/mol. The lowest BCUT2D eigenvalue weighted by atomic mass is 9.81. The summed E-state index contributed by atoms with van der Waals surface area (Å²) < 4.78 is 0. The van der Waals surface area contributed by atoms with Crippen molar-refractivity contribution in [3.05, 3.63) is 0 Å². The smallest absolute Gasteiger partial charge is 0.225 e. The van der Waals surface area contributed by atoms with Gasteiger partial charge in [0.05, 0.1) is 0 Å². The first-order valence-corrected chi connectivity index (χ1v) is 8.73. The van der Waals surface area contributed by atoms with E-state index in [4.69, 9.17) is 5.73 Å². The molecule has 3 nitrogen and oxygen atoms in total. The van der Waals surface area contributed by atoms with Crippen molar-refractivity contribution in [2.75, 3.05) is 19.6 Å². The number of nitrogens with zero attached hydrogens (tertiary/aromatic N) is 1. The Morgan fingerprint density at radius 1 is 1.10 bits per heavy atom. The Bertz CT molecular complexity index is 291. The lowest BCUT2D eigenvalue weighted by Crippen LogP contribution is -2.43. The van der Waals surface area contributed by atoms with E-state index in [9.17, 15) is 4.79 Å². The minimum absolute atomic E-state index is 0.271. The van der Waals surface area contributed by atoms with E-state index in [1.165, 1.54) is 32.1 Å². The Labute approximate surface area is 124 Å². The largest absolute Gasteiger partial charge is 0.342 e. The highest BCUT2D eigenvalue weighted by Gasteiger charge is 2.29. The summed E-state index contributed by atoms with van der Waals surface area (Å²) in [7, 11) is 0. The van der Waals surface area contributed by atoms with Gasteiger partial charge in [-0.1, -0.05) is 39.0 Å². The summed E-state index contributed by atoms with van der Waals surface area (Å²) in [5.74, 6) is 2.14. The molecule has 0 bridgehead atoms. The zero-order valence-electron chi connectivity index (χ0n) is 13.2. The molecule has 2 aliphatic rings. The minimum Gasteiger partial charge on any atom is -0.342 e. The van der Waals surface area contributed by atoms with Crippen LogP contribution in [0, 0.1) is 17.8 Å². The number of likely N-dealkylation sites (tertiary alicyclic amines) is 1. The molecule has 1 aliphatic carbocycles. The summed E-state index contributed by atoms with van der Waals surface area (Å²) >= 11 is 0. The van der Waals surface area contributed by atoms with Gasteiger partial charge in [-0.25, -0.2) is 0 Å². The van der Waals surface area contributed by atoms with Gasteiger partial charge < -0.3 is 10.6 Å². The molecule has 20 heavy (non-hydrogen) atoms. The van der Waals surface area contributed by atoms with E-state index in [1.807, 2.05) is 0 Å². The average Bonchev–Trinajstić information content (AvgIpc) is 2.53. The zero-order valence-corrected chi connectivity index (χ0v) is 13.2. The van der Waals surface area contributed by atoms with Gasteiger partial charge in [-0.05, 0) is 44.1 Å². The van der Waals surface area contributed by atoms with E-state index in [1.54, 1.807) is 0 Å². The Morgan fingerprint density at radius 3 is 2.30 bits per heavy atom. The third-order valence-corrected chi connectivity index (χ3v) is 5.44. The lowest BCUT2D eigenvalue weighted by Gasteiger charge is -2.35. The molecule has 0 radical (unpaired) electrons. The summed E-state index contributed by atoms with van der Waals surface area (Å²) in [4.78, 5) is 14.8. The molecule has 2 N–H and O–H groups in total. The Morgan fingerprint density at radius 2 is 1.75 bits per heavy atom. The van der Waals surface area contributed by atoms with Crippen LogP contribution in [0.25, 0.3) is 0 Å². The predicted octanol–water partition coefficient (Wildman–Crippen LogP) is 3.18. The van der Waals surface area contributed by atoms with Crippen molar-refractivity contribution < 1.29 is 4.79 Å². The van der Waals surface area contributed by atoms with Gasteiger partial charge in [0.2, 0.25) is 5.91 Å². The van der Waals surface area contributed by atoms with Gasteiger partial charge in [-0.15, -0.1) is 0 Å². The number of carbonyl (C=O) groups excluding carboxylic acids is 1. The highest BCUT2D eigenvalue weighted by Crippen LogP contribution is 2.31. The fourth-order valence-corrected chi connectivity index (χ4v) is 3.91. The Hall–Kier alpha value is -0.570. The second kappa shape index (κ2) is 8.02. The SMILES string of the molecule is CCC(CC1CCCCC1)C(=O)N1CCC(CN)CC1. The summed E-state index contributed by atoms with van der Waals surface area (Å²) in [6.45, 7) is 4.82. The number of piperidine rings is 1. The van der Waals surface area contributed by atoms with Gasteiger partial charge in [0.25, 0.3) is 0 Å². The normalized spacial score (nSPS) is 23.8. The molecule has 1 aliphatic heterocycles. The molecule has 3 heteroatoms. The van der Waals surface area contributed by atoms with Crippen molar-refractivity contribution in [2.24, 2.45) is 23.5 Å². The van der Waals surface area contributed by atoms with Crippen molar-refractivity contribution >= 4 is 5.91 Å². The summed E-state index contributed by atoms with van der Waals surface area (Å²) in [6.07, 6.45) is 11.2. The van der Waals surface area contributed by atoms with Gasteiger partial charge in [0, 0.05) is 19.0 Å². The molecule has 0 aromatic heterocycles. The molecule has 1 atom stereocenters. The maximum Gasteiger partial charge on any atom is 0.225 e. The molecule has 1 unspecified atom stereocenters. The fourth-order valence-electron chi connectivity index (χ4n) is 3.91. The molecule has 2 rings (SSSR count). The number of hydrogen-bond acceptors (Lipinski definition) is 2. The zero-order chi connectivity index (χ0) is 14.4. The van der Waals surface area contributed by atoms with Crippen LogP contribution >= 0.6 is 0 Å². The van der Waals surface area contributed by atoms with Gasteiger partial charge in [0.1, 0.15) is 0 Å². The monoisotopic (exact) mass is 280 g/mol. The lowest BCUT2D eigenvalue weighted by molar-refractivity contribution is -0.137. The molecular formula is C17H32N2O. The van der Waals surface area contributed by atoms with Crippen molar-refractivity contribution in [2.45, 2.75) is 64.7 Å². The quantitative estimate of drug-likeness (QED) is 0.840. The third kappa shape index (κ3) is 4.21. The molecule has 1 heterocycles. The second-order valence-corrected chi connectivity index (χ2v) is 6.85. The van der Waals surface area contributed by atoms with Crippen LogP contribution < -0.4 is 5.73 Å². The maximum absolute atomic E-state index is 12.7.